The van der Waals surface area contributed by atoms with Crippen LogP contribution in [0.4, 0.5) is 0 Å². The average molecular weight is 440 g/mol. The van der Waals surface area contributed by atoms with Gasteiger partial charge in [-0.15, -0.1) is 0 Å². The molecule has 0 spiro atoms. The van der Waals surface area contributed by atoms with Crippen LogP contribution in [-0.4, -0.2) is 23.3 Å². The number of hydrogen-bond acceptors (Lipinski definition) is 5. The molecule has 4 rings (SSSR count). The first-order valence-electron chi connectivity index (χ1n) is 10.2. The Hall–Kier alpha value is -3.12. The average Bonchev–Trinajstić information content (AvgIpc) is 3.12. The highest BCUT2D eigenvalue weighted by Gasteiger charge is 2.35. The summed E-state index contributed by atoms with van der Waals surface area (Å²) < 4.78 is 10.8. The van der Waals surface area contributed by atoms with Crippen molar-refractivity contribution in [3.05, 3.63) is 80.7 Å². The van der Waals surface area contributed by atoms with Crippen LogP contribution in [0, 0.1) is 5.92 Å². The van der Waals surface area contributed by atoms with Crippen molar-refractivity contribution in [2.24, 2.45) is 5.92 Å². The van der Waals surface area contributed by atoms with Gasteiger partial charge in [0, 0.05) is 41.5 Å². The van der Waals surface area contributed by atoms with Crippen LogP contribution in [0.25, 0.3) is 11.0 Å². The van der Waals surface area contributed by atoms with Gasteiger partial charge in [0.25, 0.3) is 0 Å². The molecule has 160 valence electrons. The SMILES string of the molecule is CCc1cc2oc(=O)cc(COC(=O)C3CC(=O)N(Cc4ccccc4)C3)c2cc1Cl. The number of carbonyl (C=O) groups excluding carboxylic acids is 2. The summed E-state index contributed by atoms with van der Waals surface area (Å²) in [5.74, 6) is -1.06. The number of benzene rings is 2. The summed E-state index contributed by atoms with van der Waals surface area (Å²) in [6, 6.07) is 14.4. The van der Waals surface area contributed by atoms with Gasteiger partial charge in [0.2, 0.25) is 5.91 Å². The minimum Gasteiger partial charge on any atom is -0.461 e. The largest absolute Gasteiger partial charge is 0.461 e. The standard InChI is InChI=1S/C24H22ClNO5/c1-2-16-8-21-19(11-20(16)25)18(10-23(28)31-21)14-30-24(29)17-9-22(27)26(13-17)12-15-6-4-3-5-7-15/h3-8,10-11,17H,2,9,12-14H2,1H3. The van der Waals surface area contributed by atoms with Gasteiger partial charge < -0.3 is 14.1 Å². The van der Waals surface area contributed by atoms with Gasteiger partial charge in [0.05, 0.1) is 5.92 Å². The Morgan fingerprint density at radius 3 is 2.68 bits per heavy atom. The van der Waals surface area contributed by atoms with Crippen molar-refractivity contribution in [1.82, 2.24) is 4.90 Å². The number of rotatable bonds is 6. The molecular formula is C24H22ClNO5. The Balaban J connectivity index is 1.45. The monoisotopic (exact) mass is 439 g/mol. The van der Waals surface area contributed by atoms with Crippen molar-refractivity contribution >= 4 is 34.4 Å². The van der Waals surface area contributed by atoms with E-state index in [9.17, 15) is 14.4 Å². The maximum Gasteiger partial charge on any atom is 0.336 e. The van der Waals surface area contributed by atoms with Gasteiger partial charge in [-0.2, -0.15) is 0 Å². The molecule has 1 fully saturated rings. The van der Waals surface area contributed by atoms with Crippen LogP contribution in [0.1, 0.15) is 30.0 Å². The smallest absolute Gasteiger partial charge is 0.336 e. The second-order valence-electron chi connectivity index (χ2n) is 7.65. The molecule has 3 aromatic rings. The zero-order valence-electron chi connectivity index (χ0n) is 17.1. The minimum atomic E-state index is -0.530. The number of ether oxygens (including phenoxy) is 1. The number of nitrogens with zero attached hydrogens (tertiary/aromatic N) is 1. The van der Waals surface area contributed by atoms with Gasteiger partial charge in [0.15, 0.2) is 0 Å². The fourth-order valence-electron chi connectivity index (χ4n) is 3.83. The Bertz CT molecular complexity index is 1190. The molecule has 2 heterocycles. The summed E-state index contributed by atoms with van der Waals surface area (Å²) in [6.07, 6.45) is 0.821. The molecule has 1 unspecified atom stereocenters. The number of esters is 1. The Labute approximate surface area is 184 Å². The highest BCUT2D eigenvalue weighted by molar-refractivity contribution is 6.32. The molecule has 1 atom stereocenters. The van der Waals surface area contributed by atoms with Gasteiger partial charge in [-0.1, -0.05) is 48.9 Å². The molecule has 0 aliphatic carbocycles. The van der Waals surface area contributed by atoms with Crippen LogP contribution < -0.4 is 5.63 Å². The van der Waals surface area contributed by atoms with E-state index in [0.29, 0.717) is 41.1 Å². The summed E-state index contributed by atoms with van der Waals surface area (Å²) in [5, 5.41) is 1.19. The molecular weight excluding hydrogens is 418 g/mol. The van der Waals surface area contributed by atoms with E-state index in [4.69, 9.17) is 20.8 Å². The summed E-state index contributed by atoms with van der Waals surface area (Å²) in [4.78, 5) is 38.6. The fourth-order valence-corrected chi connectivity index (χ4v) is 4.13. The summed E-state index contributed by atoms with van der Waals surface area (Å²) >= 11 is 6.31. The molecule has 1 saturated heterocycles. The number of halogens is 1. The lowest BCUT2D eigenvalue weighted by atomic mass is 10.1. The minimum absolute atomic E-state index is 0.0736. The molecule has 6 nitrogen and oxygen atoms in total. The molecule has 0 radical (unpaired) electrons. The number of carbonyl (C=O) groups is 2. The lowest BCUT2D eigenvalue weighted by Gasteiger charge is -2.16. The number of aryl methyl sites for hydroxylation is 1. The lowest BCUT2D eigenvalue weighted by molar-refractivity contribution is -0.149. The van der Waals surface area contributed by atoms with Crippen molar-refractivity contribution in [3.8, 4) is 0 Å². The Morgan fingerprint density at radius 1 is 1.16 bits per heavy atom. The van der Waals surface area contributed by atoms with Gasteiger partial charge in [-0.25, -0.2) is 4.79 Å². The summed E-state index contributed by atoms with van der Waals surface area (Å²) in [7, 11) is 0. The number of fused-ring (bicyclic) bond motifs is 1. The first-order chi connectivity index (χ1) is 14.9. The first-order valence-corrected chi connectivity index (χ1v) is 10.6. The number of likely N-dealkylation sites (tertiary alicyclic amines) is 1. The van der Waals surface area contributed by atoms with Crippen molar-refractivity contribution in [2.75, 3.05) is 6.54 Å². The zero-order chi connectivity index (χ0) is 22.0. The van der Waals surface area contributed by atoms with Crippen LogP contribution >= 0.6 is 11.6 Å². The third kappa shape index (κ3) is 4.64. The molecule has 1 aliphatic rings. The molecule has 0 saturated carbocycles. The molecule has 1 aliphatic heterocycles. The topological polar surface area (TPSA) is 76.8 Å². The van der Waals surface area contributed by atoms with Crippen LogP contribution in [0.3, 0.4) is 0 Å². The third-order valence-corrected chi connectivity index (χ3v) is 5.86. The van der Waals surface area contributed by atoms with E-state index in [1.165, 1.54) is 6.07 Å². The third-order valence-electron chi connectivity index (χ3n) is 5.51. The van der Waals surface area contributed by atoms with E-state index in [1.54, 1.807) is 17.0 Å². The highest BCUT2D eigenvalue weighted by atomic mass is 35.5. The molecule has 0 N–H and O–H groups in total. The normalized spacial score (nSPS) is 16.1. The van der Waals surface area contributed by atoms with E-state index in [-0.39, 0.29) is 18.9 Å². The maximum absolute atomic E-state index is 12.6. The second kappa shape index (κ2) is 8.94. The van der Waals surface area contributed by atoms with E-state index >= 15 is 0 Å². The Morgan fingerprint density at radius 2 is 1.94 bits per heavy atom. The predicted molar refractivity (Wildman–Crippen MR) is 117 cm³/mol. The molecule has 2 aromatic carbocycles. The number of amides is 1. The van der Waals surface area contributed by atoms with E-state index in [0.717, 1.165) is 11.1 Å². The van der Waals surface area contributed by atoms with E-state index in [2.05, 4.69) is 0 Å². The highest BCUT2D eigenvalue weighted by Crippen LogP contribution is 2.27. The second-order valence-corrected chi connectivity index (χ2v) is 8.06. The van der Waals surface area contributed by atoms with Gasteiger partial charge in [-0.05, 0) is 29.7 Å². The quantitative estimate of drug-likeness (QED) is 0.427. The van der Waals surface area contributed by atoms with Gasteiger partial charge in [0.1, 0.15) is 12.2 Å². The summed E-state index contributed by atoms with van der Waals surface area (Å²) in [6.45, 7) is 2.65. The van der Waals surface area contributed by atoms with Crippen LogP contribution in [-0.2, 0) is 33.9 Å². The zero-order valence-corrected chi connectivity index (χ0v) is 17.9. The molecule has 1 amide bonds. The predicted octanol–water partition coefficient (Wildman–Crippen LogP) is 4.10. The molecule has 0 bridgehead atoms. The van der Waals surface area contributed by atoms with Gasteiger partial charge in [-0.3, -0.25) is 9.59 Å². The lowest BCUT2D eigenvalue weighted by Crippen LogP contribution is -2.26. The molecule has 31 heavy (non-hydrogen) atoms. The van der Waals surface area contributed by atoms with Crippen LogP contribution in [0.15, 0.2) is 57.7 Å². The fraction of sp³-hybridized carbons (Fsp3) is 0.292. The van der Waals surface area contributed by atoms with Crippen LogP contribution in [0.5, 0.6) is 0 Å². The maximum atomic E-state index is 12.6. The van der Waals surface area contributed by atoms with Crippen LogP contribution in [0.2, 0.25) is 5.02 Å². The van der Waals surface area contributed by atoms with Crippen molar-refractivity contribution in [1.29, 1.82) is 0 Å². The summed E-state index contributed by atoms with van der Waals surface area (Å²) in [5.41, 5.74) is 2.29. The van der Waals surface area contributed by atoms with E-state index in [1.807, 2.05) is 37.3 Å². The van der Waals surface area contributed by atoms with Crippen molar-refractivity contribution in [2.45, 2.75) is 32.9 Å². The van der Waals surface area contributed by atoms with Gasteiger partial charge >= 0.3 is 11.6 Å². The molecule has 7 heteroatoms. The first kappa shape index (κ1) is 21.1. The van der Waals surface area contributed by atoms with Crippen molar-refractivity contribution < 1.29 is 18.7 Å². The number of hydrogen-bond donors (Lipinski definition) is 0. The van der Waals surface area contributed by atoms with E-state index < -0.39 is 17.5 Å². The Kier molecular flexibility index (Phi) is 6.09. The van der Waals surface area contributed by atoms with Crippen molar-refractivity contribution in [3.63, 3.8) is 0 Å². The molecule has 1 aromatic heterocycles.